The lowest BCUT2D eigenvalue weighted by atomic mass is 9.89. The molecule has 0 atom stereocenters. The van der Waals surface area contributed by atoms with Gasteiger partial charge >= 0.3 is 0 Å². The van der Waals surface area contributed by atoms with Crippen LogP contribution in [0.3, 0.4) is 0 Å². The summed E-state index contributed by atoms with van der Waals surface area (Å²) in [5, 5.41) is 0. The molecule has 0 aromatic heterocycles. The molecule has 2 rings (SSSR count). The van der Waals surface area contributed by atoms with Gasteiger partial charge in [-0.1, -0.05) is 13.0 Å². The normalized spacial score (nSPS) is 25.4. The van der Waals surface area contributed by atoms with Crippen molar-refractivity contribution in [3.05, 3.63) is 29.6 Å². The molecule has 0 amide bonds. The van der Waals surface area contributed by atoms with E-state index in [1.165, 1.54) is 18.9 Å². The predicted molar refractivity (Wildman–Crippen MR) is 63.2 cm³/mol. The molecule has 1 aliphatic rings. The molecule has 0 radical (unpaired) electrons. The fourth-order valence-corrected chi connectivity index (χ4v) is 2.23. The second-order valence-corrected chi connectivity index (χ2v) is 4.93. The quantitative estimate of drug-likeness (QED) is 0.732. The molecule has 0 heterocycles. The lowest BCUT2D eigenvalue weighted by Gasteiger charge is -2.27. The van der Waals surface area contributed by atoms with Gasteiger partial charge in [0.25, 0.3) is 0 Å². The third-order valence-corrected chi connectivity index (χ3v) is 3.34. The molecule has 0 bridgehead atoms. The SMILES string of the molecule is Cc1ccc(F)c(OC2CCC(C)CC2)c1. The van der Waals surface area contributed by atoms with Gasteiger partial charge in [-0.15, -0.1) is 0 Å². The highest BCUT2D eigenvalue weighted by Crippen LogP contribution is 2.28. The first kappa shape index (κ1) is 11.4. The number of hydrogen-bond donors (Lipinski definition) is 0. The smallest absolute Gasteiger partial charge is 0.165 e. The largest absolute Gasteiger partial charge is 0.487 e. The van der Waals surface area contributed by atoms with Crippen LogP contribution in [0.5, 0.6) is 5.75 Å². The summed E-state index contributed by atoms with van der Waals surface area (Å²) >= 11 is 0. The first-order chi connectivity index (χ1) is 7.65. The monoisotopic (exact) mass is 222 g/mol. The Morgan fingerprint density at radius 1 is 1.19 bits per heavy atom. The third-order valence-electron chi connectivity index (χ3n) is 3.34. The van der Waals surface area contributed by atoms with Crippen LogP contribution in [-0.4, -0.2) is 6.10 Å². The van der Waals surface area contributed by atoms with Crippen molar-refractivity contribution in [2.75, 3.05) is 0 Å². The van der Waals surface area contributed by atoms with Gasteiger partial charge in [0, 0.05) is 0 Å². The number of ether oxygens (including phenoxy) is 1. The molecule has 1 aliphatic carbocycles. The highest BCUT2D eigenvalue weighted by molar-refractivity contribution is 5.29. The Kier molecular flexibility index (Phi) is 3.47. The average Bonchev–Trinajstić information content (AvgIpc) is 2.27. The standard InChI is InChI=1S/C14H19FO/c1-10-3-6-12(7-4-10)16-14-9-11(2)5-8-13(14)15/h5,8-10,12H,3-4,6-7H2,1-2H3. The van der Waals surface area contributed by atoms with Crippen LogP contribution in [0.4, 0.5) is 4.39 Å². The minimum atomic E-state index is -0.246. The van der Waals surface area contributed by atoms with Gasteiger partial charge in [0.1, 0.15) is 0 Å². The van der Waals surface area contributed by atoms with Gasteiger partial charge in [-0.2, -0.15) is 0 Å². The fraction of sp³-hybridized carbons (Fsp3) is 0.571. The molecule has 1 aromatic carbocycles. The van der Waals surface area contributed by atoms with Gasteiger partial charge in [-0.3, -0.25) is 0 Å². The van der Waals surface area contributed by atoms with Gasteiger partial charge in [0.05, 0.1) is 6.10 Å². The molecule has 16 heavy (non-hydrogen) atoms. The Labute approximate surface area is 96.6 Å². The first-order valence-corrected chi connectivity index (χ1v) is 6.08. The zero-order valence-electron chi connectivity index (χ0n) is 10.0. The fourth-order valence-electron chi connectivity index (χ4n) is 2.23. The van der Waals surface area contributed by atoms with E-state index in [1.807, 2.05) is 6.92 Å². The van der Waals surface area contributed by atoms with E-state index in [2.05, 4.69) is 6.92 Å². The molecule has 0 saturated heterocycles. The summed E-state index contributed by atoms with van der Waals surface area (Å²) in [6, 6.07) is 5.04. The van der Waals surface area contributed by atoms with Crippen molar-refractivity contribution < 1.29 is 9.13 Å². The molecule has 1 fully saturated rings. The average molecular weight is 222 g/mol. The van der Waals surface area contributed by atoms with Crippen LogP contribution in [0.2, 0.25) is 0 Å². The zero-order chi connectivity index (χ0) is 11.5. The van der Waals surface area contributed by atoms with Crippen LogP contribution in [0.1, 0.15) is 38.2 Å². The van der Waals surface area contributed by atoms with Crippen LogP contribution in [0.25, 0.3) is 0 Å². The minimum Gasteiger partial charge on any atom is -0.487 e. The van der Waals surface area contributed by atoms with Crippen molar-refractivity contribution >= 4 is 0 Å². The highest BCUT2D eigenvalue weighted by Gasteiger charge is 2.20. The molecule has 0 spiro atoms. The number of benzene rings is 1. The van der Waals surface area contributed by atoms with Crippen LogP contribution in [0, 0.1) is 18.7 Å². The van der Waals surface area contributed by atoms with Crippen molar-refractivity contribution in [2.24, 2.45) is 5.92 Å². The van der Waals surface area contributed by atoms with E-state index >= 15 is 0 Å². The van der Waals surface area contributed by atoms with Crippen molar-refractivity contribution in [3.63, 3.8) is 0 Å². The van der Waals surface area contributed by atoms with Crippen molar-refractivity contribution in [1.82, 2.24) is 0 Å². The predicted octanol–water partition coefficient (Wildman–Crippen LogP) is 4.09. The topological polar surface area (TPSA) is 9.23 Å². The zero-order valence-corrected chi connectivity index (χ0v) is 10.0. The molecule has 88 valence electrons. The maximum absolute atomic E-state index is 13.5. The Morgan fingerprint density at radius 2 is 1.88 bits per heavy atom. The number of rotatable bonds is 2. The van der Waals surface area contributed by atoms with E-state index in [4.69, 9.17) is 4.74 Å². The Morgan fingerprint density at radius 3 is 2.56 bits per heavy atom. The second-order valence-electron chi connectivity index (χ2n) is 4.93. The van der Waals surface area contributed by atoms with E-state index in [1.54, 1.807) is 12.1 Å². The van der Waals surface area contributed by atoms with Gasteiger partial charge < -0.3 is 4.74 Å². The van der Waals surface area contributed by atoms with Gasteiger partial charge in [0.2, 0.25) is 0 Å². The summed E-state index contributed by atoms with van der Waals surface area (Å²) < 4.78 is 19.2. The molecule has 1 aromatic rings. The molecule has 2 heteroatoms. The molecular formula is C14H19FO. The van der Waals surface area contributed by atoms with Crippen LogP contribution < -0.4 is 4.74 Å². The third kappa shape index (κ3) is 2.75. The van der Waals surface area contributed by atoms with Crippen molar-refractivity contribution in [1.29, 1.82) is 0 Å². The first-order valence-electron chi connectivity index (χ1n) is 6.08. The van der Waals surface area contributed by atoms with E-state index in [0.717, 1.165) is 24.3 Å². The van der Waals surface area contributed by atoms with E-state index < -0.39 is 0 Å². The van der Waals surface area contributed by atoms with Crippen molar-refractivity contribution in [3.8, 4) is 5.75 Å². The number of aryl methyl sites for hydroxylation is 1. The number of halogens is 1. The van der Waals surface area contributed by atoms with Crippen LogP contribution in [0.15, 0.2) is 18.2 Å². The lowest BCUT2D eigenvalue weighted by molar-refractivity contribution is 0.130. The summed E-state index contributed by atoms with van der Waals surface area (Å²) in [7, 11) is 0. The van der Waals surface area contributed by atoms with Gasteiger partial charge in [-0.25, -0.2) is 4.39 Å². The van der Waals surface area contributed by atoms with Crippen LogP contribution >= 0.6 is 0 Å². The summed E-state index contributed by atoms with van der Waals surface area (Å²) in [5.74, 6) is 0.964. The van der Waals surface area contributed by atoms with Crippen LogP contribution in [-0.2, 0) is 0 Å². The lowest BCUT2D eigenvalue weighted by Crippen LogP contribution is -2.23. The molecule has 1 saturated carbocycles. The Balaban J connectivity index is 2.00. The summed E-state index contributed by atoms with van der Waals surface area (Å²) in [6.07, 6.45) is 4.69. The molecule has 0 N–H and O–H groups in total. The minimum absolute atomic E-state index is 0.201. The van der Waals surface area contributed by atoms with Gasteiger partial charge in [0.15, 0.2) is 11.6 Å². The molecular weight excluding hydrogens is 203 g/mol. The maximum Gasteiger partial charge on any atom is 0.165 e. The molecule has 0 aliphatic heterocycles. The Hall–Kier alpha value is -1.05. The Bertz CT molecular complexity index is 354. The molecule has 1 nitrogen and oxygen atoms in total. The second kappa shape index (κ2) is 4.86. The van der Waals surface area contributed by atoms with E-state index in [9.17, 15) is 4.39 Å². The summed E-state index contributed by atoms with van der Waals surface area (Å²) in [6.45, 7) is 4.22. The summed E-state index contributed by atoms with van der Waals surface area (Å²) in [5.41, 5.74) is 1.04. The van der Waals surface area contributed by atoms with Gasteiger partial charge in [-0.05, 0) is 56.2 Å². The van der Waals surface area contributed by atoms with Crippen molar-refractivity contribution in [2.45, 2.75) is 45.6 Å². The van der Waals surface area contributed by atoms with E-state index in [-0.39, 0.29) is 11.9 Å². The number of hydrogen-bond acceptors (Lipinski definition) is 1. The molecule has 0 unspecified atom stereocenters. The maximum atomic E-state index is 13.5. The summed E-state index contributed by atoms with van der Waals surface area (Å²) in [4.78, 5) is 0. The van der Waals surface area contributed by atoms with E-state index in [0.29, 0.717) is 5.75 Å². The highest BCUT2D eigenvalue weighted by atomic mass is 19.1.